The van der Waals surface area contributed by atoms with Crippen LogP contribution in [-0.2, 0) is 0 Å². The van der Waals surface area contributed by atoms with Crippen LogP contribution < -0.4 is 4.70 Å². The van der Waals surface area contributed by atoms with Gasteiger partial charge in [0.2, 0.25) is 0 Å². The summed E-state index contributed by atoms with van der Waals surface area (Å²) in [6.07, 6.45) is -4.78. The molecule has 0 nitrogen and oxygen atoms in total. The Kier molecular flexibility index (Phi) is 11.7. The second-order valence-electron chi connectivity index (χ2n) is 2.64. The second-order valence-corrected chi connectivity index (χ2v) is 2.64. The molecule has 0 radical (unpaired) electrons. The van der Waals surface area contributed by atoms with Crippen molar-refractivity contribution in [3.05, 3.63) is 0 Å². The van der Waals surface area contributed by atoms with Crippen LogP contribution >= 0.6 is 0 Å². The fourth-order valence-electron chi connectivity index (χ4n) is 0.260. The summed E-state index contributed by atoms with van der Waals surface area (Å²) >= 11 is 0. The van der Waals surface area contributed by atoms with Gasteiger partial charge in [0.15, 0.2) is 0 Å². The fraction of sp³-hybridized carbons (Fsp3) is 1.00. The molecule has 0 rings (SSSR count). The van der Waals surface area contributed by atoms with E-state index in [0.29, 0.717) is 0 Å². The van der Waals surface area contributed by atoms with Gasteiger partial charge in [-0.2, -0.15) is 22.0 Å². The molecule has 0 spiro atoms. The first-order chi connectivity index (χ1) is 6.22. The van der Waals surface area contributed by atoms with E-state index in [4.69, 9.17) is 0 Å². The van der Waals surface area contributed by atoms with Crippen LogP contribution in [-0.4, -0.2) is 18.8 Å². The number of halogens is 7. The first-order valence-corrected chi connectivity index (χ1v) is 4.23. The Hall–Kier alpha value is -0.490. The summed E-state index contributed by atoms with van der Waals surface area (Å²) in [5, 5.41) is 0. The topological polar surface area (TPSA) is 0 Å². The van der Waals surface area contributed by atoms with E-state index in [1.807, 2.05) is 0 Å². The first-order valence-electron chi connectivity index (χ1n) is 4.23. The lowest BCUT2D eigenvalue weighted by atomic mass is 10.2. The van der Waals surface area contributed by atoms with Crippen molar-refractivity contribution < 1.29 is 31.0 Å². The predicted molar refractivity (Wildman–Crippen MR) is 42.2 cm³/mol. The lowest BCUT2D eigenvalue weighted by Gasteiger charge is -2.17. The van der Waals surface area contributed by atoms with E-state index in [1.54, 1.807) is 0 Å². The maximum atomic E-state index is 11.6. The molecule has 0 saturated carbocycles. The zero-order chi connectivity index (χ0) is 11.8. The SMILES string of the molecule is CCCC.FCCC(F)(F)C(F)(F)F.[F-]. The monoisotopic (exact) mass is 243 g/mol. The fourth-order valence-corrected chi connectivity index (χ4v) is 0.260. The Morgan fingerprint density at radius 2 is 1.20 bits per heavy atom. The molecule has 0 heterocycles. The molecule has 96 valence electrons. The number of hydrogen-bond donors (Lipinski definition) is 0. The van der Waals surface area contributed by atoms with Crippen molar-refractivity contribution in [2.45, 2.75) is 45.2 Å². The summed E-state index contributed by atoms with van der Waals surface area (Å²) in [6.45, 7) is 2.69. The maximum absolute atomic E-state index is 11.6. The average Bonchev–Trinajstić information content (AvgIpc) is 2.03. The Labute approximate surface area is 84.0 Å². The van der Waals surface area contributed by atoms with E-state index in [1.165, 1.54) is 12.8 Å². The lowest BCUT2D eigenvalue weighted by molar-refractivity contribution is -0.284. The summed E-state index contributed by atoms with van der Waals surface area (Å²) in [5.74, 6) is -4.89. The average molecular weight is 243 g/mol. The highest BCUT2D eigenvalue weighted by molar-refractivity contribution is 4.74. The summed E-state index contributed by atoms with van der Waals surface area (Å²) in [5.41, 5.74) is 0. The van der Waals surface area contributed by atoms with Gasteiger partial charge in [-0.25, -0.2) is 0 Å². The van der Waals surface area contributed by atoms with Crippen LogP contribution in [0.1, 0.15) is 33.1 Å². The summed E-state index contributed by atoms with van der Waals surface area (Å²) in [7, 11) is 0. The van der Waals surface area contributed by atoms with Crippen molar-refractivity contribution in [3.8, 4) is 0 Å². The van der Waals surface area contributed by atoms with Crippen LogP contribution in [0.25, 0.3) is 0 Å². The molecule has 0 N–H and O–H groups in total. The summed E-state index contributed by atoms with van der Waals surface area (Å²) in [4.78, 5) is 0. The minimum atomic E-state index is -5.63. The van der Waals surface area contributed by atoms with Gasteiger partial charge >= 0.3 is 12.1 Å². The quantitative estimate of drug-likeness (QED) is 0.656. The van der Waals surface area contributed by atoms with Gasteiger partial charge in [0.25, 0.3) is 0 Å². The Morgan fingerprint density at radius 3 is 1.27 bits per heavy atom. The van der Waals surface area contributed by atoms with Gasteiger partial charge in [-0.1, -0.05) is 26.7 Å². The molecule has 15 heavy (non-hydrogen) atoms. The van der Waals surface area contributed by atoms with Crippen LogP contribution in [0.2, 0.25) is 0 Å². The van der Waals surface area contributed by atoms with Crippen LogP contribution in [0.4, 0.5) is 26.3 Å². The van der Waals surface area contributed by atoms with Crippen LogP contribution in [0, 0.1) is 0 Å². The molecule has 0 unspecified atom stereocenters. The molecule has 7 heteroatoms. The Bertz CT molecular complexity index is 127. The van der Waals surface area contributed by atoms with Gasteiger partial charge in [-0.3, -0.25) is 4.39 Å². The summed E-state index contributed by atoms with van der Waals surface area (Å²) in [6, 6.07) is 0. The minimum Gasteiger partial charge on any atom is -1.00 e. The highest BCUT2D eigenvalue weighted by atomic mass is 19.4. The van der Waals surface area contributed by atoms with E-state index >= 15 is 0 Å². The van der Waals surface area contributed by atoms with Crippen molar-refractivity contribution in [2.24, 2.45) is 0 Å². The molecule has 0 aliphatic carbocycles. The largest absolute Gasteiger partial charge is 1.00 e. The highest BCUT2D eigenvalue weighted by Crippen LogP contribution is 2.37. The van der Waals surface area contributed by atoms with E-state index in [9.17, 15) is 26.3 Å². The van der Waals surface area contributed by atoms with Crippen LogP contribution in [0.5, 0.6) is 0 Å². The van der Waals surface area contributed by atoms with E-state index < -0.39 is 25.2 Å². The first kappa shape index (κ1) is 20.0. The normalized spacial score (nSPS) is 11.2. The molecule has 0 aliphatic heterocycles. The second kappa shape index (κ2) is 8.79. The molecule has 0 atom stereocenters. The lowest BCUT2D eigenvalue weighted by Crippen LogP contribution is -3.00. The maximum Gasteiger partial charge on any atom is 0.453 e. The van der Waals surface area contributed by atoms with Gasteiger partial charge in [-0.05, 0) is 0 Å². The van der Waals surface area contributed by atoms with Gasteiger partial charge in [0.05, 0.1) is 6.67 Å². The number of unbranched alkanes of at least 4 members (excludes halogenated alkanes) is 1. The third kappa shape index (κ3) is 9.81. The number of hydrogen-bond acceptors (Lipinski definition) is 0. The van der Waals surface area contributed by atoms with Crippen molar-refractivity contribution in [2.75, 3.05) is 6.67 Å². The molecule has 0 fully saturated rings. The van der Waals surface area contributed by atoms with E-state index in [-0.39, 0.29) is 4.70 Å². The molecule has 0 aromatic rings. The molecule has 0 aromatic heterocycles. The predicted octanol–water partition coefficient (Wildman–Crippen LogP) is 1.35. The molecule has 0 bridgehead atoms. The third-order valence-corrected chi connectivity index (χ3v) is 1.32. The van der Waals surface area contributed by atoms with Gasteiger partial charge < -0.3 is 4.70 Å². The van der Waals surface area contributed by atoms with Gasteiger partial charge in [-0.15, -0.1) is 0 Å². The highest BCUT2D eigenvalue weighted by Gasteiger charge is 2.56. The zero-order valence-corrected chi connectivity index (χ0v) is 8.47. The third-order valence-electron chi connectivity index (χ3n) is 1.32. The minimum absolute atomic E-state index is 0. The Morgan fingerprint density at radius 1 is 0.867 bits per heavy atom. The molecule has 0 aliphatic rings. The van der Waals surface area contributed by atoms with E-state index in [0.717, 1.165) is 0 Å². The summed E-state index contributed by atoms with van der Waals surface area (Å²) < 4.78 is 67.5. The molecular weight excluding hydrogens is 229 g/mol. The number of alkyl halides is 6. The van der Waals surface area contributed by atoms with Crippen LogP contribution in [0.3, 0.4) is 0 Å². The van der Waals surface area contributed by atoms with E-state index in [2.05, 4.69) is 13.8 Å². The number of rotatable bonds is 3. The van der Waals surface area contributed by atoms with Crippen molar-refractivity contribution in [1.29, 1.82) is 0 Å². The van der Waals surface area contributed by atoms with Gasteiger partial charge in [0.1, 0.15) is 0 Å². The molecule has 0 saturated heterocycles. The Balaban J connectivity index is -0.000000249. The van der Waals surface area contributed by atoms with Crippen LogP contribution in [0.15, 0.2) is 0 Å². The van der Waals surface area contributed by atoms with Gasteiger partial charge in [0, 0.05) is 6.42 Å². The zero-order valence-electron chi connectivity index (χ0n) is 8.47. The smallest absolute Gasteiger partial charge is 0.453 e. The molecule has 0 amide bonds. The van der Waals surface area contributed by atoms with Crippen molar-refractivity contribution in [1.82, 2.24) is 0 Å². The molecular formula is C8H14F7-. The van der Waals surface area contributed by atoms with Crippen molar-refractivity contribution >= 4 is 0 Å². The van der Waals surface area contributed by atoms with Crippen molar-refractivity contribution in [3.63, 3.8) is 0 Å². The standard InChI is InChI=1S/C4H4F6.C4H10.FH/c5-2-1-3(6,7)4(8,9)10;1-3-4-2;/h1-2H2;3-4H2,1-2H3;1H/p-1. The molecule has 0 aromatic carbocycles.